The molecule has 2 aromatic rings. The molecule has 0 bridgehead atoms. The first kappa shape index (κ1) is 19.6. The van der Waals surface area contributed by atoms with Crippen LogP contribution in [0.2, 0.25) is 5.02 Å². The highest BCUT2D eigenvalue weighted by Crippen LogP contribution is 2.38. The third-order valence-corrected chi connectivity index (χ3v) is 6.13. The van der Waals surface area contributed by atoms with Crippen LogP contribution in [0.4, 0.5) is 5.82 Å². The zero-order chi connectivity index (χ0) is 20.4. The normalized spacial score (nSPS) is 21.3. The molecule has 0 radical (unpaired) electrons. The zero-order valence-corrected chi connectivity index (χ0v) is 16.8. The molecule has 1 saturated heterocycles. The molecule has 152 valence electrons. The summed E-state index contributed by atoms with van der Waals surface area (Å²) in [7, 11) is 0. The second kappa shape index (κ2) is 8.37. The van der Waals surface area contributed by atoms with Gasteiger partial charge in [0.1, 0.15) is 5.82 Å². The predicted molar refractivity (Wildman–Crippen MR) is 108 cm³/mol. The fourth-order valence-electron chi connectivity index (χ4n) is 4.22. The van der Waals surface area contributed by atoms with Crippen LogP contribution in [-0.2, 0) is 20.9 Å². The minimum atomic E-state index is -0.263. The van der Waals surface area contributed by atoms with Crippen molar-refractivity contribution in [3.05, 3.63) is 47.1 Å². The Bertz CT molecular complexity index is 918. The molecule has 1 aromatic carbocycles. The van der Waals surface area contributed by atoms with Gasteiger partial charge in [0.25, 0.3) is 0 Å². The molecule has 29 heavy (non-hydrogen) atoms. The van der Waals surface area contributed by atoms with Gasteiger partial charge in [0.05, 0.1) is 24.6 Å². The number of likely N-dealkylation sites (tertiary alicyclic amines) is 1. The number of carbonyl (C=O) groups excluding carboxylic acids is 3. The average molecular weight is 415 g/mol. The number of benzene rings is 1. The SMILES string of the molecule is O=C(CCN1C(=O)[C@@H]2CCCC[C@H]2C1=O)Nc1ccnn1Cc1ccccc1Cl. The molecule has 1 aromatic heterocycles. The maximum absolute atomic E-state index is 12.5. The lowest BCUT2D eigenvalue weighted by atomic mass is 9.81. The van der Waals surface area contributed by atoms with Gasteiger partial charge in [-0.3, -0.25) is 19.3 Å². The van der Waals surface area contributed by atoms with Crippen LogP contribution >= 0.6 is 11.6 Å². The summed E-state index contributed by atoms with van der Waals surface area (Å²) >= 11 is 6.20. The second-order valence-corrected chi connectivity index (χ2v) is 8.00. The number of fused-ring (bicyclic) bond motifs is 1. The minimum absolute atomic E-state index is 0.0637. The summed E-state index contributed by atoms with van der Waals surface area (Å²) in [5.41, 5.74) is 0.893. The van der Waals surface area contributed by atoms with Gasteiger partial charge in [-0.25, -0.2) is 4.68 Å². The number of amides is 3. The molecule has 0 unspecified atom stereocenters. The maximum Gasteiger partial charge on any atom is 0.233 e. The van der Waals surface area contributed by atoms with Crippen LogP contribution in [0.3, 0.4) is 0 Å². The average Bonchev–Trinajstić information content (AvgIpc) is 3.25. The van der Waals surface area contributed by atoms with Crippen molar-refractivity contribution in [1.29, 1.82) is 0 Å². The number of imide groups is 1. The Kier molecular flexibility index (Phi) is 5.67. The Morgan fingerprint density at radius 1 is 1.10 bits per heavy atom. The summed E-state index contributed by atoms with van der Waals surface area (Å²) < 4.78 is 1.65. The van der Waals surface area contributed by atoms with Gasteiger partial charge in [-0.1, -0.05) is 42.6 Å². The van der Waals surface area contributed by atoms with E-state index in [0.29, 0.717) is 17.4 Å². The Morgan fingerprint density at radius 3 is 2.48 bits per heavy atom. The van der Waals surface area contributed by atoms with Gasteiger partial charge in [0, 0.05) is 24.1 Å². The Labute approximate surface area is 174 Å². The first-order chi connectivity index (χ1) is 14.0. The lowest BCUT2D eigenvalue weighted by Gasteiger charge is -2.19. The number of rotatable bonds is 6. The van der Waals surface area contributed by atoms with Crippen LogP contribution in [-0.4, -0.2) is 38.9 Å². The van der Waals surface area contributed by atoms with Gasteiger partial charge in [-0.15, -0.1) is 0 Å². The summed E-state index contributed by atoms with van der Waals surface area (Å²) in [5.74, 6) is -0.315. The standard InChI is InChI=1S/C21H23ClN4O3/c22-17-8-4-1-5-14(17)13-26-18(9-11-23-26)24-19(27)10-12-25-20(28)15-6-2-3-7-16(15)21(25)29/h1,4-5,8-9,11,15-16H,2-3,6-7,10,12-13H2,(H,24,27)/t15-,16-/m1/s1. The fraction of sp³-hybridized carbons (Fsp3) is 0.429. The number of hydrogen-bond donors (Lipinski definition) is 1. The summed E-state index contributed by atoms with van der Waals surface area (Å²) in [6.07, 6.45) is 5.20. The summed E-state index contributed by atoms with van der Waals surface area (Å²) in [4.78, 5) is 38.7. The monoisotopic (exact) mass is 414 g/mol. The highest BCUT2D eigenvalue weighted by Gasteiger charge is 2.47. The van der Waals surface area contributed by atoms with E-state index in [2.05, 4.69) is 10.4 Å². The van der Waals surface area contributed by atoms with Crippen molar-refractivity contribution >= 4 is 35.1 Å². The van der Waals surface area contributed by atoms with Crippen molar-refractivity contribution in [3.8, 4) is 0 Å². The lowest BCUT2D eigenvalue weighted by molar-refractivity contribution is -0.140. The van der Waals surface area contributed by atoms with E-state index in [1.54, 1.807) is 23.0 Å². The molecule has 2 heterocycles. The van der Waals surface area contributed by atoms with Crippen LogP contribution < -0.4 is 5.32 Å². The molecule has 1 N–H and O–H groups in total. The van der Waals surface area contributed by atoms with Crippen LogP contribution in [0, 0.1) is 11.8 Å². The predicted octanol–water partition coefficient (Wildman–Crippen LogP) is 3.09. The van der Waals surface area contributed by atoms with Crippen LogP contribution in [0.25, 0.3) is 0 Å². The highest BCUT2D eigenvalue weighted by molar-refractivity contribution is 6.31. The number of hydrogen-bond acceptors (Lipinski definition) is 4. The van der Waals surface area contributed by atoms with Crippen LogP contribution in [0.15, 0.2) is 36.5 Å². The van der Waals surface area contributed by atoms with E-state index < -0.39 is 0 Å². The van der Waals surface area contributed by atoms with E-state index in [1.807, 2.05) is 18.2 Å². The van der Waals surface area contributed by atoms with E-state index in [4.69, 9.17) is 11.6 Å². The molecular weight excluding hydrogens is 392 g/mol. The molecule has 8 heteroatoms. The van der Waals surface area contributed by atoms with Crippen molar-refractivity contribution in [2.24, 2.45) is 11.8 Å². The molecule has 7 nitrogen and oxygen atoms in total. The van der Waals surface area contributed by atoms with Crippen molar-refractivity contribution in [2.45, 2.75) is 38.6 Å². The quantitative estimate of drug-likeness (QED) is 0.736. The van der Waals surface area contributed by atoms with Gasteiger partial charge in [0.15, 0.2) is 0 Å². The number of halogens is 1. The number of nitrogens with zero attached hydrogens (tertiary/aromatic N) is 3. The van der Waals surface area contributed by atoms with Crippen LogP contribution in [0.5, 0.6) is 0 Å². The Hall–Kier alpha value is -2.67. The first-order valence-corrected chi connectivity index (χ1v) is 10.3. The van der Waals surface area contributed by atoms with Crippen LogP contribution in [0.1, 0.15) is 37.7 Å². The fourth-order valence-corrected chi connectivity index (χ4v) is 4.42. The number of anilines is 1. The third-order valence-electron chi connectivity index (χ3n) is 5.76. The largest absolute Gasteiger partial charge is 0.311 e. The first-order valence-electron chi connectivity index (χ1n) is 9.95. The van der Waals surface area contributed by atoms with E-state index in [0.717, 1.165) is 31.2 Å². The topological polar surface area (TPSA) is 84.3 Å². The smallest absolute Gasteiger partial charge is 0.233 e. The van der Waals surface area contributed by atoms with Gasteiger partial charge in [-0.2, -0.15) is 5.10 Å². The zero-order valence-electron chi connectivity index (χ0n) is 16.0. The second-order valence-electron chi connectivity index (χ2n) is 7.59. The van der Waals surface area contributed by atoms with Gasteiger partial charge >= 0.3 is 0 Å². The van der Waals surface area contributed by atoms with Gasteiger partial charge in [-0.05, 0) is 24.5 Å². The molecule has 1 aliphatic heterocycles. The number of aromatic nitrogens is 2. The molecule has 1 saturated carbocycles. The summed E-state index contributed by atoms with van der Waals surface area (Å²) in [5, 5.41) is 7.69. The van der Waals surface area contributed by atoms with Gasteiger partial charge < -0.3 is 5.32 Å². The Balaban J connectivity index is 1.35. The molecule has 3 amide bonds. The molecule has 1 aliphatic carbocycles. The van der Waals surface area contributed by atoms with Crippen molar-refractivity contribution in [2.75, 3.05) is 11.9 Å². The Morgan fingerprint density at radius 2 is 1.79 bits per heavy atom. The minimum Gasteiger partial charge on any atom is -0.311 e. The van der Waals surface area contributed by atoms with Crippen molar-refractivity contribution < 1.29 is 14.4 Å². The maximum atomic E-state index is 12.5. The molecule has 2 aliphatic rings. The third kappa shape index (κ3) is 4.05. The van der Waals surface area contributed by atoms with Crippen molar-refractivity contribution in [3.63, 3.8) is 0 Å². The molecule has 0 spiro atoms. The molecular formula is C21H23ClN4O3. The lowest BCUT2D eigenvalue weighted by Crippen LogP contribution is -2.34. The highest BCUT2D eigenvalue weighted by atomic mass is 35.5. The van der Waals surface area contributed by atoms with Crippen molar-refractivity contribution in [1.82, 2.24) is 14.7 Å². The summed E-state index contributed by atoms with van der Waals surface area (Å²) in [6, 6.07) is 9.16. The van der Waals surface area contributed by atoms with E-state index >= 15 is 0 Å². The van der Waals surface area contributed by atoms with E-state index in [9.17, 15) is 14.4 Å². The number of nitrogens with one attached hydrogen (secondary N) is 1. The van der Waals surface area contributed by atoms with E-state index in [1.165, 1.54) is 4.90 Å². The van der Waals surface area contributed by atoms with Gasteiger partial charge in [0.2, 0.25) is 17.7 Å². The molecule has 2 atom stereocenters. The molecule has 4 rings (SSSR count). The number of carbonyl (C=O) groups is 3. The molecule has 2 fully saturated rings. The summed E-state index contributed by atoms with van der Waals surface area (Å²) in [6.45, 7) is 0.546. The van der Waals surface area contributed by atoms with E-state index in [-0.39, 0.29) is 42.5 Å².